The Morgan fingerprint density at radius 1 is 1.27 bits per heavy atom. The van der Waals surface area contributed by atoms with Crippen LogP contribution >= 0.6 is 15.9 Å². The molecule has 0 spiro atoms. The molecular formula is C18H23BrN2O5. The van der Waals surface area contributed by atoms with Crippen LogP contribution in [-0.4, -0.2) is 70.5 Å². The summed E-state index contributed by atoms with van der Waals surface area (Å²) >= 11 is 3.33. The number of furan rings is 1. The molecule has 0 atom stereocenters. The van der Waals surface area contributed by atoms with Crippen LogP contribution in [0.1, 0.15) is 10.4 Å². The van der Waals surface area contributed by atoms with Crippen molar-refractivity contribution in [1.82, 2.24) is 10.2 Å². The van der Waals surface area contributed by atoms with E-state index in [1.54, 1.807) is 19.2 Å². The maximum Gasteiger partial charge on any atom is 0.251 e. The molecule has 1 N–H and O–H groups in total. The monoisotopic (exact) mass is 426 g/mol. The molecule has 26 heavy (non-hydrogen) atoms. The number of halogens is 1. The minimum Gasteiger partial charge on any atom is -0.490 e. The van der Waals surface area contributed by atoms with E-state index in [2.05, 4.69) is 26.1 Å². The van der Waals surface area contributed by atoms with Crippen LogP contribution in [0, 0.1) is 0 Å². The zero-order chi connectivity index (χ0) is 18.4. The molecule has 1 amide bonds. The molecule has 8 heteroatoms. The third kappa shape index (κ3) is 4.97. The van der Waals surface area contributed by atoms with Crippen molar-refractivity contribution in [3.8, 4) is 5.75 Å². The van der Waals surface area contributed by atoms with Gasteiger partial charge in [-0.1, -0.05) is 0 Å². The number of hydrogen-bond donors (Lipinski definition) is 1. The van der Waals surface area contributed by atoms with Crippen LogP contribution in [0.25, 0.3) is 11.0 Å². The lowest BCUT2D eigenvalue weighted by molar-refractivity contribution is 0.0383. The number of hydrogen-bond acceptors (Lipinski definition) is 6. The lowest BCUT2D eigenvalue weighted by Gasteiger charge is -2.26. The van der Waals surface area contributed by atoms with Gasteiger partial charge in [-0.3, -0.25) is 9.69 Å². The average molecular weight is 427 g/mol. The van der Waals surface area contributed by atoms with E-state index in [1.807, 2.05) is 6.07 Å². The summed E-state index contributed by atoms with van der Waals surface area (Å²) in [5, 5.41) is 3.77. The van der Waals surface area contributed by atoms with Crippen LogP contribution in [0.3, 0.4) is 0 Å². The van der Waals surface area contributed by atoms with Crippen molar-refractivity contribution in [3.05, 3.63) is 28.4 Å². The maximum atomic E-state index is 12.5. The lowest BCUT2D eigenvalue weighted by Crippen LogP contribution is -2.41. The molecule has 0 radical (unpaired) electrons. The van der Waals surface area contributed by atoms with Gasteiger partial charge in [-0.25, -0.2) is 0 Å². The van der Waals surface area contributed by atoms with Gasteiger partial charge in [0.05, 0.1) is 25.2 Å². The Labute approximate surface area is 160 Å². The minimum atomic E-state index is -0.149. The lowest BCUT2D eigenvalue weighted by atomic mass is 10.1. The number of fused-ring (bicyclic) bond motifs is 1. The summed E-state index contributed by atoms with van der Waals surface area (Å²) in [5.74, 6) is 0.455. The normalized spacial score (nSPS) is 15.3. The van der Waals surface area contributed by atoms with Crippen molar-refractivity contribution in [2.24, 2.45) is 0 Å². The molecule has 1 aliphatic heterocycles. The van der Waals surface area contributed by atoms with Gasteiger partial charge in [0.25, 0.3) is 5.91 Å². The van der Waals surface area contributed by atoms with E-state index >= 15 is 0 Å². The second kappa shape index (κ2) is 9.36. The molecule has 1 aliphatic rings. The van der Waals surface area contributed by atoms with Gasteiger partial charge < -0.3 is 23.9 Å². The van der Waals surface area contributed by atoms with Crippen molar-refractivity contribution in [2.75, 3.05) is 59.7 Å². The topological polar surface area (TPSA) is 73.2 Å². The smallest absolute Gasteiger partial charge is 0.251 e. The number of carbonyl (C=O) groups is 1. The van der Waals surface area contributed by atoms with Crippen molar-refractivity contribution < 1.29 is 23.4 Å². The summed E-state index contributed by atoms with van der Waals surface area (Å²) in [7, 11) is 1.62. The predicted octanol–water partition coefficient (Wildman–Crippen LogP) is 2.28. The average Bonchev–Trinajstić information content (AvgIpc) is 3.03. The number of benzene rings is 1. The van der Waals surface area contributed by atoms with Gasteiger partial charge in [-0.2, -0.15) is 0 Å². The van der Waals surface area contributed by atoms with E-state index in [0.29, 0.717) is 41.3 Å². The van der Waals surface area contributed by atoms with Crippen LogP contribution in [0.15, 0.2) is 27.3 Å². The minimum absolute atomic E-state index is 0.149. The van der Waals surface area contributed by atoms with E-state index in [-0.39, 0.29) is 5.91 Å². The van der Waals surface area contributed by atoms with Crippen LogP contribution in [-0.2, 0) is 9.47 Å². The third-order valence-electron chi connectivity index (χ3n) is 4.19. The van der Waals surface area contributed by atoms with E-state index < -0.39 is 0 Å². The van der Waals surface area contributed by atoms with Gasteiger partial charge in [0, 0.05) is 44.9 Å². The zero-order valence-corrected chi connectivity index (χ0v) is 16.3. The van der Waals surface area contributed by atoms with Gasteiger partial charge in [0.15, 0.2) is 4.67 Å². The van der Waals surface area contributed by atoms with E-state index in [0.717, 1.165) is 38.2 Å². The molecule has 0 bridgehead atoms. The van der Waals surface area contributed by atoms with Gasteiger partial charge in [0.1, 0.15) is 17.9 Å². The van der Waals surface area contributed by atoms with Crippen LogP contribution in [0.4, 0.5) is 0 Å². The Morgan fingerprint density at radius 2 is 2.08 bits per heavy atom. The number of nitrogens with one attached hydrogen (secondary N) is 1. The van der Waals surface area contributed by atoms with Crippen molar-refractivity contribution in [3.63, 3.8) is 0 Å². The fraction of sp³-hybridized carbons (Fsp3) is 0.500. The number of ether oxygens (including phenoxy) is 3. The highest BCUT2D eigenvalue weighted by molar-refractivity contribution is 9.10. The Morgan fingerprint density at radius 3 is 2.85 bits per heavy atom. The van der Waals surface area contributed by atoms with E-state index in [4.69, 9.17) is 18.6 Å². The molecule has 1 fully saturated rings. The van der Waals surface area contributed by atoms with Gasteiger partial charge in [-0.05, 0) is 28.1 Å². The molecule has 0 saturated carbocycles. The van der Waals surface area contributed by atoms with Gasteiger partial charge in [-0.15, -0.1) is 0 Å². The number of methoxy groups -OCH3 is 1. The SMILES string of the molecule is COCCOc1cc(C(=O)NCCN2CCOCC2)cc2oc(Br)cc12. The molecule has 1 aromatic carbocycles. The van der Waals surface area contributed by atoms with Crippen molar-refractivity contribution >= 4 is 32.8 Å². The number of amides is 1. The molecule has 142 valence electrons. The van der Waals surface area contributed by atoms with Gasteiger partial charge >= 0.3 is 0 Å². The first-order valence-corrected chi connectivity index (χ1v) is 9.40. The Balaban J connectivity index is 1.66. The summed E-state index contributed by atoms with van der Waals surface area (Å²) < 4.78 is 22.3. The summed E-state index contributed by atoms with van der Waals surface area (Å²) in [5.41, 5.74) is 1.11. The summed E-state index contributed by atoms with van der Waals surface area (Å²) in [6, 6.07) is 5.30. The molecule has 2 aromatic rings. The van der Waals surface area contributed by atoms with Crippen LogP contribution in [0.2, 0.25) is 0 Å². The zero-order valence-electron chi connectivity index (χ0n) is 14.8. The first-order valence-electron chi connectivity index (χ1n) is 8.60. The predicted molar refractivity (Wildman–Crippen MR) is 101 cm³/mol. The highest BCUT2D eigenvalue weighted by Gasteiger charge is 2.15. The third-order valence-corrected chi connectivity index (χ3v) is 4.58. The maximum absolute atomic E-state index is 12.5. The Kier molecular flexibility index (Phi) is 6.90. The molecule has 1 saturated heterocycles. The highest BCUT2D eigenvalue weighted by Crippen LogP contribution is 2.32. The molecular weight excluding hydrogens is 404 g/mol. The number of carbonyl (C=O) groups excluding carboxylic acids is 1. The number of morpholine rings is 1. The summed E-state index contributed by atoms with van der Waals surface area (Å²) in [4.78, 5) is 14.8. The first-order chi connectivity index (χ1) is 12.7. The molecule has 0 aliphatic carbocycles. The summed E-state index contributed by atoms with van der Waals surface area (Å²) in [6.07, 6.45) is 0. The van der Waals surface area contributed by atoms with Crippen LogP contribution in [0.5, 0.6) is 5.75 Å². The van der Waals surface area contributed by atoms with Crippen molar-refractivity contribution in [2.45, 2.75) is 0 Å². The second-order valence-corrected chi connectivity index (χ2v) is 6.77. The molecule has 7 nitrogen and oxygen atoms in total. The summed E-state index contributed by atoms with van der Waals surface area (Å²) in [6.45, 7) is 5.56. The number of nitrogens with zero attached hydrogens (tertiary/aromatic N) is 1. The molecule has 1 aromatic heterocycles. The fourth-order valence-electron chi connectivity index (χ4n) is 2.82. The van der Waals surface area contributed by atoms with E-state index in [9.17, 15) is 4.79 Å². The fourth-order valence-corrected chi connectivity index (χ4v) is 3.22. The second-order valence-electron chi connectivity index (χ2n) is 5.99. The number of rotatable bonds is 8. The molecule has 2 heterocycles. The Bertz CT molecular complexity index is 743. The molecule has 0 unspecified atom stereocenters. The van der Waals surface area contributed by atoms with Crippen LogP contribution < -0.4 is 10.1 Å². The van der Waals surface area contributed by atoms with E-state index in [1.165, 1.54) is 0 Å². The van der Waals surface area contributed by atoms with Crippen molar-refractivity contribution in [1.29, 1.82) is 0 Å². The highest BCUT2D eigenvalue weighted by atomic mass is 79.9. The first kappa shape index (κ1) is 19.2. The molecule has 3 rings (SSSR count). The quantitative estimate of drug-likeness (QED) is 0.652. The Hall–Kier alpha value is -1.61. The largest absolute Gasteiger partial charge is 0.490 e. The standard InChI is InChI=1S/C18H23BrN2O5/c1-23-8-9-25-15-10-13(11-16-14(15)12-17(19)26-16)18(22)20-2-3-21-4-6-24-7-5-21/h10-12H,2-9H2,1H3,(H,20,22). The van der Waals surface area contributed by atoms with Gasteiger partial charge in [0.2, 0.25) is 0 Å².